The maximum atomic E-state index is 14.1. The van der Waals surface area contributed by atoms with Gasteiger partial charge in [-0.2, -0.15) is 13.2 Å². The molecular formula is C25H23F4N5O5. The van der Waals surface area contributed by atoms with Gasteiger partial charge in [0.2, 0.25) is 0 Å². The molecule has 0 saturated heterocycles. The van der Waals surface area contributed by atoms with Crippen LogP contribution in [0.4, 0.5) is 34.0 Å². The van der Waals surface area contributed by atoms with E-state index >= 15 is 0 Å². The van der Waals surface area contributed by atoms with Gasteiger partial charge in [-0.05, 0) is 39.0 Å². The number of pyridine rings is 1. The summed E-state index contributed by atoms with van der Waals surface area (Å²) in [6.07, 6.45) is -4.86. The Morgan fingerprint density at radius 3 is 2.36 bits per heavy atom. The van der Waals surface area contributed by atoms with Crippen molar-refractivity contribution in [3.8, 4) is 11.8 Å². The number of nitrogens with zero attached hydrogens (tertiary/aromatic N) is 4. The van der Waals surface area contributed by atoms with Gasteiger partial charge in [-0.1, -0.05) is 11.8 Å². The number of aromatic nitrogens is 3. The van der Waals surface area contributed by atoms with Crippen molar-refractivity contribution in [2.24, 2.45) is 7.05 Å². The summed E-state index contributed by atoms with van der Waals surface area (Å²) >= 11 is 0. The molecule has 0 aliphatic carbocycles. The Hall–Kier alpha value is -4.67. The van der Waals surface area contributed by atoms with Crippen LogP contribution in [0.1, 0.15) is 42.3 Å². The fraction of sp³-hybridized carbons (Fsp3) is 0.320. The molecule has 2 heterocycles. The monoisotopic (exact) mass is 549 g/mol. The SMILES string of the molecule is COC(=O)c1cc(F)cc(C#Cc2c(NC(=O)C(F)(F)F)nc(N(C)C(=O)OC(C)(C)C)c3ncn(C)c23)c1. The van der Waals surface area contributed by atoms with Gasteiger partial charge in [-0.3, -0.25) is 9.69 Å². The van der Waals surface area contributed by atoms with Crippen LogP contribution in [-0.4, -0.2) is 58.4 Å². The highest BCUT2D eigenvalue weighted by atomic mass is 19.4. The maximum absolute atomic E-state index is 14.1. The molecule has 0 aliphatic rings. The zero-order valence-electron chi connectivity index (χ0n) is 21.7. The first kappa shape index (κ1) is 28.9. The molecule has 2 amide bonds. The van der Waals surface area contributed by atoms with E-state index in [1.165, 1.54) is 31.1 Å². The van der Waals surface area contributed by atoms with Crippen molar-refractivity contribution in [2.75, 3.05) is 24.4 Å². The minimum Gasteiger partial charge on any atom is -0.465 e. The van der Waals surface area contributed by atoms with E-state index in [2.05, 4.69) is 26.5 Å². The molecule has 14 heteroatoms. The van der Waals surface area contributed by atoms with Gasteiger partial charge in [0.25, 0.3) is 0 Å². The van der Waals surface area contributed by atoms with Gasteiger partial charge in [0.05, 0.1) is 30.1 Å². The first-order valence-electron chi connectivity index (χ1n) is 11.1. The van der Waals surface area contributed by atoms with Crippen molar-refractivity contribution in [3.05, 3.63) is 47.0 Å². The standard InChI is InChI=1S/C25H23F4N5O5/c1-24(2,3)39-23(37)34(5)20-17-18(33(4)12-30-17)16(19(31-20)32-22(36)25(27,28)29)8-7-13-9-14(21(35)38-6)11-15(26)10-13/h9-12H,1-6H3,(H,31,32,36). The molecule has 1 aromatic carbocycles. The predicted molar refractivity (Wildman–Crippen MR) is 132 cm³/mol. The largest absolute Gasteiger partial charge is 0.471 e. The normalized spacial score (nSPS) is 11.4. The lowest BCUT2D eigenvalue weighted by Gasteiger charge is -2.24. The average molecular weight is 549 g/mol. The molecular weight excluding hydrogens is 526 g/mol. The number of benzene rings is 1. The third-order valence-corrected chi connectivity index (χ3v) is 4.97. The second-order valence-electron chi connectivity index (χ2n) is 9.17. The molecule has 0 spiro atoms. The highest BCUT2D eigenvalue weighted by Gasteiger charge is 2.40. The maximum Gasteiger partial charge on any atom is 0.471 e. The van der Waals surface area contributed by atoms with E-state index in [0.29, 0.717) is 0 Å². The number of carbonyl (C=O) groups is 3. The minimum absolute atomic E-state index is 0.0197. The van der Waals surface area contributed by atoms with Gasteiger partial charge in [-0.15, -0.1) is 0 Å². The Kier molecular flexibility index (Phi) is 7.85. The molecule has 3 rings (SSSR count). The second kappa shape index (κ2) is 10.6. The number of rotatable bonds is 3. The molecule has 10 nitrogen and oxygen atoms in total. The Morgan fingerprint density at radius 1 is 1.10 bits per heavy atom. The van der Waals surface area contributed by atoms with E-state index in [0.717, 1.165) is 24.1 Å². The molecule has 0 unspecified atom stereocenters. The van der Waals surface area contributed by atoms with E-state index in [1.807, 2.05) is 0 Å². The number of nitrogens with one attached hydrogen (secondary N) is 1. The molecule has 0 bridgehead atoms. The van der Waals surface area contributed by atoms with Crippen molar-refractivity contribution in [2.45, 2.75) is 32.5 Å². The minimum atomic E-state index is -5.27. The molecule has 0 atom stereocenters. The quantitative estimate of drug-likeness (QED) is 0.296. The van der Waals surface area contributed by atoms with Gasteiger partial charge in [0, 0.05) is 19.7 Å². The third-order valence-electron chi connectivity index (χ3n) is 4.97. The molecule has 2 aromatic heterocycles. The molecule has 1 N–H and O–H groups in total. The lowest BCUT2D eigenvalue weighted by Crippen LogP contribution is -2.35. The summed E-state index contributed by atoms with van der Waals surface area (Å²) in [6.45, 7) is 4.86. The summed E-state index contributed by atoms with van der Waals surface area (Å²) in [7, 11) is 3.88. The number of hydrogen-bond acceptors (Lipinski definition) is 7. The first-order chi connectivity index (χ1) is 18.0. The number of ether oxygens (including phenoxy) is 2. The fourth-order valence-corrected chi connectivity index (χ4v) is 3.29. The second-order valence-corrected chi connectivity index (χ2v) is 9.17. The predicted octanol–water partition coefficient (Wildman–Crippen LogP) is 4.17. The van der Waals surface area contributed by atoms with Gasteiger partial charge < -0.3 is 19.4 Å². The smallest absolute Gasteiger partial charge is 0.465 e. The summed E-state index contributed by atoms with van der Waals surface area (Å²) in [5.74, 6) is 0.308. The number of methoxy groups -OCH3 is 1. The highest BCUT2D eigenvalue weighted by molar-refractivity contribution is 6.03. The number of fused-ring (bicyclic) bond motifs is 1. The Bertz CT molecular complexity index is 1530. The van der Waals surface area contributed by atoms with E-state index in [4.69, 9.17) is 4.74 Å². The number of esters is 1. The van der Waals surface area contributed by atoms with Crippen LogP contribution in [0.25, 0.3) is 11.0 Å². The number of halogens is 4. The van der Waals surface area contributed by atoms with E-state index in [-0.39, 0.29) is 33.5 Å². The lowest BCUT2D eigenvalue weighted by molar-refractivity contribution is -0.167. The molecule has 0 aliphatic heterocycles. The summed E-state index contributed by atoms with van der Waals surface area (Å²) in [6, 6.07) is 3.13. The number of amides is 2. The zero-order chi connectivity index (χ0) is 29.3. The topological polar surface area (TPSA) is 116 Å². The molecule has 206 valence electrons. The zero-order valence-corrected chi connectivity index (χ0v) is 21.7. The van der Waals surface area contributed by atoms with E-state index < -0.39 is 41.4 Å². The molecule has 3 aromatic rings. The third kappa shape index (κ3) is 6.61. The van der Waals surface area contributed by atoms with Crippen molar-refractivity contribution < 1.29 is 41.4 Å². The van der Waals surface area contributed by atoms with Gasteiger partial charge in [-0.25, -0.2) is 23.9 Å². The van der Waals surface area contributed by atoms with Gasteiger partial charge in [0.1, 0.15) is 16.9 Å². The van der Waals surface area contributed by atoms with E-state index in [9.17, 15) is 31.9 Å². The lowest BCUT2D eigenvalue weighted by atomic mass is 10.1. The van der Waals surface area contributed by atoms with Crippen LogP contribution >= 0.6 is 0 Å². The summed E-state index contributed by atoms with van der Waals surface area (Å²) in [5.41, 5.74) is -1.13. The van der Waals surface area contributed by atoms with Crippen LogP contribution in [0.3, 0.4) is 0 Å². The Balaban J connectivity index is 2.26. The highest BCUT2D eigenvalue weighted by Crippen LogP contribution is 2.32. The van der Waals surface area contributed by atoms with Crippen LogP contribution in [-0.2, 0) is 21.3 Å². The summed E-state index contributed by atoms with van der Waals surface area (Å²) in [5, 5.41) is 1.68. The summed E-state index contributed by atoms with van der Waals surface area (Å²) < 4.78 is 64.9. The average Bonchev–Trinajstić information content (AvgIpc) is 3.21. The van der Waals surface area contributed by atoms with Crippen LogP contribution in [0, 0.1) is 17.7 Å². The van der Waals surface area contributed by atoms with Crippen LogP contribution in [0.5, 0.6) is 0 Å². The van der Waals surface area contributed by atoms with Crippen LogP contribution in [0.2, 0.25) is 0 Å². The van der Waals surface area contributed by atoms with Crippen molar-refractivity contribution in [3.63, 3.8) is 0 Å². The number of hydrogen-bond donors (Lipinski definition) is 1. The number of aryl methyl sites for hydroxylation is 1. The number of carbonyl (C=O) groups excluding carboxylic acids is 3. The Morgan fingerprint density at radius 2 is 1.77 bits per heavy atom. The number of imidazole rings is 1. The molecule has 0 fully saturated rings. The Labute approximate surface area is 219 Å². The van der Waals surface area contributed by atoms with Crippen molar-refractivity contribution in [1.82, 2.24) is 14.5 Å². The van der Waals surface area contributed by atoms with Crippen LogP contribution in [0.15, 0.2) is 24.5 Å². The molecule has 39 heavy (non-hydrogen) atoms. The van der Waals surface area contributed by atoms with Crippen LogP contribution < -0.4 is 10.2 Å². The molecule has 0 saturated carbocycles. The fourth-order valence-electron chi connectivity index (χ4n) is 3.29. The van der Waals surface area contributed by atoms with E-state index in [1.54, 1.807) is 26.1 Å². The van der Waals surface area contributed by atoms with Gasteiger partial charge >= 0.3 is 24.1 Å². The molecule has 0 radical (unpaired) electrons. The number of anilines is 2. The first-order valence-corrected chi connectivity index (χ1v) is 11.1. The number of alkyl halides is 3. The van der Waals surface area contributed by atoms with Gasteiger partial charge in [0.15, 0.2) is 11.6 Å². The van der Waals surface area contributed by atoms with Crippen molar-refractivity contribution in [1.29, 1.82) is 0 Å². The van der Waals surface area contributed by atoms with Crippen molar-refractivity contribution >= 4 is 40.6 Å². The summed E-state index contributed by atoms with van der Waals surface area (Å²) in [4.78, 5) is 45.6.